The summed E-state index contributed by atoms with van der Waals surface area (Å²) in [6.45, 7) is 0. The zero-order chi connectivity index (χ0) is 20.8. The third kappa shape index (κ3) is 4.98. The highest BCUT2D eigenvalue weighted by molar-refractivity contribution is 7.19. The van der Waals surface area contributed by atoms with E-state index in [1.165, 1.54) is 18.4 Å². The predicted molar refractivity (Wildman–Crippen MR) is 115 cm³/mol. The van der Waals surface area contributed by atoms with Crippen molar-refractivity contribution in [2.75, 3.05) is 17.7 Å². The summed E-state index contributed by atoms with van der Waals surface area (Å²) in [4.78, 5) is 12.6. The van der Waals surface area contributed by atoms with E-state index in [-0.39, 0.29) is 5.91 Å². The van der Waals surface area contributed by atoms with Gasteiger partial charge in [0.05, 0.1) is 5.69 Å². The third-order valence-electron chi connectivity index (χ3n) is 5.30. The van der Waals surface area contributed by atoms with E-state index in [0.29, 0.717) is 22.2 Å². The lowest BCUT2D eigenvalue weighted by atomic mass is 9.84. The molecule has 0 aliphatic heterocycles. The van der Waals surface area contributed by atoms with Gasteiger partial charge in [-0.1, -0.05) is 41.7 Å². The second kappa shape index (κ2) is 9.73. The zero-order valence-corrected chi connectivity index (χ0v) is 17.5. The average molecular weight is 425 g/mol. The maximum atomic E-state index is 12.6. The zero-order valence-electron chi connectivity index (χ0n) is 16.7. The van der Waals surface area contributed by atoms with E-state index >= 15 is 0 Å². The van der Waals surface area contributed by atoms with Crippen molar-refractivity contribution in [1.29, 1.82) is 0 Å². The molecule has 9 heteroatoms. The molecule has 0 unspecified atom stereocenters. The summed E-state index contributed by atoms with van der Waals surface area (Å²) in [6, 6.07) is 13.7. The predicted octanol–water partition coefficient (Wildman–Crippen LogP) is 3.79. The van der Waals surface area contributed by atoms with Crippen LogP contribution in [0.1, 0.15) is 49.0 Å². The molecular weight excluding hydrogens is 400 g/mol. The Bertz CT molecular complexity index is 944. The van der Waals surface area contributed by atoms with Crippen LogP contribution in [0.4, 0.5) is 10.3 Å². The molecule has 2 N–H and O–H groups in total. The molecule has 0 saturated heterocycles. The van der Waals surface area contributed by atoms with Crippen LogP contribution < -0.4 is 10.6 Å². The summed E-state index contributed by atoms with van der Waals surface area (Å²) >= 11 is 1.33. The summed E-state index contributed by atoms with van der Waals surface area (Å²) in [6.07, 6.45) is 5.20. The molecule has 1 aliphatic rings. The van der Waals surface area contributed by atoms with Gasteiger partial charge < -0.3 is 10.1 Å². The van der Waals surface area contributed by atoms with Crippen LogP contribution in [0.2, 0.25) is 0 Å². The second-order valence-electron chi connectivity index (χ2n) is 7.27. The largest absolute Gasteiger partial charge is 0.367 e. The van der Waals surface area contributed by atoms with Crippen molar-refractivity contribution in [3.63, 3.8) is 0 Å². The molecule has 8 nitrogen and oxygen atoms in total. The van der Waals surface area contributed by atoms with Gasteiger partial charge in [-0.05, 0) is 43.4 Å². The fourth-order valence-electron chi connectivity index (χ4n) is 3.76. The van der Waals surface area contributed by atoms with Crippen LogP contribution in [0, 0.1) is 0 Å². The Hall–Kier alpha value is -2.91. The van der Waals surface area contributed by atoms with Crippen LogP contribution in [0.15, 0.2) is 48.7 Å². The number of nitrogens with zero attached hydrogens (tertiary/aromatic N) is 4. The molecule has 0 spiro atoms. The Morgan fingerprint density at radius 2 is 1.80 bits per heavy atom. The maximum Gasteiger partial charge on any atom is 0.259 e. The first kappa shape index (κ1) is 20.4. The van der Waals surface area contributed by atoms with E-state index in [1.54, 1.807) is 6.20 Å². The fraction of sp³-hybridized carbons (Fsp3) is 0.381. The molecule has 0 radical (unpaired) electrons. The minimum Gasteiger partial charge on any atom is -0.367 e. The van der Waals surface area contributed by atoms with Crippen molar-refractivity contribution in [2.45, 2.75) is 43.7 Å². The molecule has 0 bridgehead atoms. The van der Waals surface area contributed by atoms with Crippen molar-refractivity contribution in [2.24, 2.45) is 0 Å². The van der Waals surface area contributed by atoms with Gasteiger partial charge in [0, 0.05) is 25.3 Å². The highest BCUT2D eigenvalue weighted by atomic mass is 32.1. The smallest absolute Gasteiger partial charge is 0.259 e. The monoisotopic (exact) mass is 424 g/mol. The number of amides is 1. The highest BCUT2D eigenvalue weighted by Crippen LogP contribution is 2.33. The summed E-state index contributed by atoms with van der Waals surface area (Å²) in [7, 11) is 1.52. The Labute approximate surface area is 179 Å². The van der Waals surface area contributed by atoms with Gasteiger partial charge in [0.1, 0.15) is 0 Å². The maximum absolute atomic E-state index is 12.6. The minimum atomic E-state index is -0.692. The third-order valence-corrected chi connectivity index (χ3v) is 6.07. The van der Waals surface area contributed by atoms with Gasteiger partial charge >= 0.3 is 0 Å². The Morgan fingerprint density at radius 1 is 1.03 bits per heavy atom. The number of nitrogens with one attached hydrogen (secondary N) is 2. The van der Waals surface area contributed by atoms with Gasteiger partial charge in [-0.3, -0.25) is 10.1 Å². The topological polar surface area (TPSA) is 102 Å². The first-order valence-electron chi connectivity index (χ1n) is 9.99. The normalized spacial score (nSPS) is 19.8. The van der Waals surface area contributed by atoms with Crippen LogP contribution in [-0.4, -0.2) is 39.5 Å². The number of hydrogen-bond donors (Lipinski definition) is 2. The van der Waals surface area contributed by atoms with Gasteiger partial charge in [-0.15, -0.1) is 10.2 Å². The van der Waals surface area contributed by atoms with Crippen LogP contribution in [0.25, 0.3) is 0 Å². The number of anilines is 2. The van der Waals surface area contributed by atoms with Crippen molar-refractivity contribution in [1.82, 2.24) is 20.4 Å². The Balaban J connectivity index is 1.30. The summed E-state index contributed by atoms with van der Waals surface area (Å²) in [5.41, 5.74) is 1.86. The molecule has 4 rings (SSSR count). The van der Waals surface area contributed by atoms with Gasteiger partial charge in [-0.25, -0.2) is 0 Å². The van der Waals surface area contributed by atoms with E-state index in [1.807, 2.05) is 42.5 Å². The average Bonchev–Trinajstić information content (AvgIpc) is 3.23. The van der Waals surface area contributed by atoms with Gasteiger partial charge in [0.2, 0.25) is 10.3 Å². The standard InChI is InChI=1S/C21H24N6O2S/c1-29-18(15-6-3-2-4-7-15)19(28)24-21-27-26-20(30-21)23-16-11-9-14(10-12-16)17-8-5-13-22-25-17/h2-8,13-14,16,18H,9-12H2,1H3,(H,23,26)(H,24,27,28)/t14?,16?,18-/m0/s1. The summed E-state index contributed by atoms with van der Waals surface area (Å²) in [5.74, 6) is 0.195. The number of aromatic nitrogens is 4. The number of rotatable bonds is 7. The van der Waals surface area contributed by atoms with Crippen LogP contribution in [0.5, 0.6) is 0 Å². The van der Waals surface area contributed by atoms with Gasteiger partial charge in [0.15, 0.2) is 6.10 Å². The lowest BCUT2D eigenvalue weighted by Gasteiger charge is -2.28. The number of hydrogen-bond acceptors (Lipinski definition) is 8. The van der Waals surface area contributed by atoms with Crippen molar-refractivity contribution < 1.29 is 9.53 Å². The van der Waals surface area contributed by atoms with Gasteiger partial charge in [0.25, 0.3) is 5.91 Å². The van der Waals surface area contributed by atoms with E-state index in [2.05, 4.69) is 31.0 Å². The molecule has 2 aromatic heterocycles. The van der Waals surface area contributed by atoms with Crippen LogP contribution in [-0.2, 0) is 9.53 Å². The quantitative estimate of drug-likeness (QED) is 0.595. The molecule has 30 heavy (non-hydrogen) atoms. The summed E-state index contributed by atoms with van der Waals surface area (Å²) in [5, 5.41) is 23.9. The molecule has 1 aliphatic carbocycles. The molecule has 3 aromatic rings. The molecular formula is C21H24N6O2S. The first-order valence-corrected chi connectivity index (χ1v) is 10.8. The number of benzene rings is 1. The Kier molecular flexibility index (Phi) is 6.60. The number of carbonyl (C=O) groups excluding carboxylic acids is 1. The number of carbonyl (C=O) groups is 1. The molecule has 1 aromatic carbocycles. The lowest BCUT2D eigenvalue weighted by molar-refractivity contribution is -0.126. The van der Waals surface area contributed by atoms with Crippen LogP contribution in [0.3, 0.4) is 0 Å². The molecule has 1 saturated carbocycles. The number of ether oxygens (including phenoxy) is 1. The Morgan fingerprint density at radius 3 is 2.50 bits per heavy atom. The first-order chi connectivity index (χ1) is 14.7. The van der Waals surface area contributed by atoms with Crippen molar-refractivity contribution in [3.05, 3.63) is 59.9 Å². The summed E-state index contributed by atoms with van der Waals surface area (Å²) < 4.78 is 5.36. The number of methoxy groups -OCH3 is 1. The SMILES string of the molecule is CO[C@H](C(=O)Nc1nnc(NC2CCC(c3cccnn3)CC2)s1)c1ccccc1. The molecule has 2 heterocycles. The van der Waals surface area contributed by atoms with Crippen LogP contribution >= 0.6 is 11.3 Å². The van der Waals surface area contributed by atoms with E-state index in [9.17, 15) is 4.79 Å². The minimum absolute atomic E-state index is 0.268. The second-order valence-corrected chi connectivity index (χ2v) is 8.25. The molecule has 1 atom stereocenters. The van der Waals surface area contributed by atoms with Gasteiger partial charge in [-0.2, -0.15) is 10.2 Å². The van der Waals surface area contributed by atoms with Crippen molar-refractivity contribution >= 4 is 27.5 Å². The van der Waals surface area contributed by atoms with E-state index in [4.69, 9.17) is 4.74 Å². The molecule has 156 valence electrons. The van der Waals surface area contributed by atoms with Crippen molar-refractivity contribution in [3.8, 4) is 0 Å². The fourth-order valence-corrected chi connectivity index (χ4v) is 4.49. The molecule has 1 fully saturated rings. The lowest BCUT2D eigenvalue weighted by Crippen LogP contribution is -2.25. The molecule has 1 amide bonds. The van der Waals surface area contributed by atoms with E-state index in [0.717, 1.165) is 36.9 Å². The highest BCUT2D eigenvalue weighted by Gasteiger charge is 2.25. The van der Waals surface area contributed by atoms with E-state index < -0.39 is 6.10 Å².